The molecule has 0 aliphatic carbocycles. The Hall–Kier alpha value is -2.00. The second kappa shape index (κ2) is 6.96. The maximum atomic E-state index is 5.44. The maximum absolute atomic E-state index is 5.44. The first-order chi connectivity index (χ1) is 9.67. The first-order valence-corrected chi connectivity index (χ1v) is 7.12. The van der Waals surface area contributed by atoms with Crippen molar-refractivity contribution in [3.8, 4) is 6.01 Å². The Morgan fingerprint density at radius 1 is 1.30 bits per heavy atom. The van der Waals surface area contributed by atoms with Crippen LogP contribution < -0.4 is 21.3 Å². The highest BCUT2D eigenvalue weighted by Crippen LogP contribution is 2.12. The van der Waals surface area contributed by atoms with Crippen LogP contribution in [-0.4, -0.2) is 32.6 Å². The summed E-state index contributed by atoms with van der Waals surface area (Å²) >= 11 is 1.57. The van der Waals surface area contributed by atoms with Gasteiger partial charge in [-0.1, -0.05) is 0 Å². The number of ether oxygens (including phenoxy) is 1. The van der Waals surface area contributed by atoms with Crippen LogP contribution in [0.1, 0.15) is 19.5 Å². The molecule has 2 heterocycles. The minimum atomic E-state index is -0.0223. The molecule has 0 saturated carbocycles. The van der Waals surface area contributed by atoms with Crippen LogP contribution in [0.5, 0.6) is 6.01 Å². The summed E-state index contributed by atoms with van der Waals surface area (Å²) in [5.41, 5.74) is 5.24. The molecule has 4 N–H and O–H groups in total. The Morgan fingerprint density at radius 3 is 2.75 bits per heavy atom. The Bertz CT molecular complexity index is 532. The van der Waals surface area contributed by atoms with E-state index in [1.54, 1.807) is 11.3 Å². The van der Waals surface area contributed by atoms with Gasteiger partial charge in [0.25, 0.3) is 0 Å². The van der Waals surface area contributed by atoms with Crippen molar-refractivity contribution in [3.63, 3.8) is 0 Å². The lowest BCUT2D eigenvalue weighted by molar-refractivity contribution is 0.222. The van der Waals surface area contributed by atoms with E-state index in [0.717, 1.165) is 12.1 Å². The minimum absolute atomic E-state index is 0.0223. The number of hydrogen-bond donors (Lipinski definition) is 3. The van der Waals surface area contributed by atoms with Crippen molar-refractivity contribution in [1.82, 2.24) is 19.9 Å². The second-order valence-electron chi connectivity index (χ2n) is 4.23. The van der Waals surface area contributed by atoms with E-state index in [-0.39, 0.29) is 18.1 Å². The van der Waals surface area contributed by atoms with E-state index in [1.807, 2.05) is 24.7 Å². The zero-order valence-corrected chi connectivity index (χ0v) is 12.1. The molecule has 0 saturated heterocycles. The summed E-state index contributed by atoms with van der Waals surface area (Å²) in [5, 5.41) is 5.11. The summed E-state index contributed by atoms with van der Waals surface area (Å²) in [4.78, 5) is 16.5. The number of nitrogens with zero attached hydrogens (tertiary/aromatic N) is 4. The van der Waals surface area contributed by atoms with Gasteiger partial charge >= 0.3 is 6.01 Å². The van der Waals surface area contributed by atoms with Crippen molar-refractivity contribution in [2.24, 2.45) is 5.84 Å². The average molecular weight is 295 g/mol. The first-order valence-electron chi connectivity index (χ1n) is 6.17. The van der Waals surface area contributed by atoms with E-state index in [9.17, 15) is 0 Å². The molecule has 108 valence electrons. The van der Waals surface area contributed by atoms with E-state index in [4.69, 9.17) is 10.6 Å². The van der Waals surface area contributed by atoms with E-state index in [0.29, 0.717) is 12.5 Å². The standard InChI is InChI=1S/C11H17N7OS/c1-7(2)19-11-16-9(15-10(17-11)18-12)13-4-3-8-5-20-6-14-8/h5-7H,3-4,12H2,1-2H3,(H2,13,15,16,17,18). The number of anilines is 2. The molecule has 0 aromatic carbocycles. The summed E-state index contributed by atoms with van der Waals surface area (Å²) in [5.74, 6) is 6.00. The van der Waals surface area contributed by atoms with Gasteiger partial charge < -0.3 is 10.1 Å². The number of nitrogens with one attached hydrogen (secondary N) is 2. The molecule has 0 aliphatic rings. The molecule has 0 spiro atoms. The van der Waals surface area contributed by atoms with Crippen molar-refractivity contribution < 1.29 is 4.74 Å². The number of hydrazine groups is 1. The monoisotopic (exact) mass is 295 g/mol. The number of hydrogen-bond acceptors (Lipinski definition) is 9. The van der Waals surface area contributed by atoms with Gasteiger partial charge in [-0.2, -0.15) is 15.0 Å². The topological polar surface area (TPSA) is 111 Å². The summed E-state index contributed by atoms with van der Waals surface area (Å²) in [6, 6.07) is 0.235. The molecule has 0 unspecified atom stereocenters. The van der Waals surface area contributed by atoms with Gasteiger partial charge in [0.15, 0.2) is 0 Å². The molecule has 2 aromatic heterocycles. The zero-order valence-electron chi connectivity index (χ0n) is 11.3. The Kier molecular flexibility index (Phi) is 5.02. The van der Waals surface area contributed by atoms with Crippen LogP contribution in [0, 0.1) is 0 Å². The molecule has 0 fully saturated rings. The summed E-state index contributed by atoms with van der Waals surface area (Å²) in [7, 11) is 0. The van der Waals surface area contributed by atoms with Gasteiger partial charge in [0.05, 0.1) is 17.3 Å². The van der Waals surface area contributed by atoms with Crippen LogP contribution in [0.25, 0.3) is 0 Å². The molecule has 9 heteroatoms. The highest BCUT2D eigenvalue weighted by molar-refractivity contribution is 7.07. The molecular weight excluding hydrogens is 278 g/mol. The molecule has 2 aromatic rings. The largest absolute Gasteiger partial charge is 0.461 e. The average Bonchev–Trinajstić information content (AvgIpc) is 2.91. The fourth-order valence-corrected chi connectivity index (χ4v) is 2.02. The van der Waals surface area contributed by atoms with E-state index >= 15 is 0 Å². The molecular formula is C11H17N7OS. The van der Waals surface area contributed by atoms with E-state index in [1.165, 1.54) is 0 Å². The van der Waals surface area contributed by atoms with Gasteiger partial charge in [-0.15, -0.1) is 11.3 Å². The van der Waals surface area contributed by atoms with Crippen LogP contribution >= 0.6 is 11.3 Å². The third-order valence-electron chi connectivity index (χ3n) is 2.23. The summed E-state index contributed by atoms with van der Waals surface area (Å²) in [6.07, 6.45) is 0.770. The van der Waals surface area contributed by atoms with Crippen LogP contribution in [0.15, 0.2) is 10.9 Å². The molecule has 2 rings (SSSR count). The van der Waals surface area contributed by atoms with Gasteiger partial charge in [-0.3, -0.25) is 5.43 Å². The van der Waals surface area contributed by atoms with Crippen molar-refractivity contribution in [3.05, 3.63) is 16.6 Å². The SMILES string of the molecule is CC(C)Oc1nc(NN)nc(NCCc2cscn2)n1. The Labute approximate surface area is 120 Å². The third kappa shape index (κ3) is 4.28. The number of rotatable bonds is 7. The molecule has 8 nitrogen and oxygen atoms in total. The molecule has 20 heavy (non-hydrogen) atoms. The summed E-state index contributed by atoms with van der Waals surface area (Å²) < 4.78 is 5.44. The lowest BCUT2D eigenvalue weighted by atomic mass is 10.3. The van der Waals surface area contributed by atoms with E-state index in [2.05, 4.69) is 30.7 Å². The predicted molar refractivity (Wildman–Crippen MR) is 77.7 cm³/mol. The first kappa shape index (κ1) is 14.4. The molecule has 0 atom stereocenters. The fraction of sp³-hybridized carbons (Fsp3) is 0.455. The minimum Gasteiger partial charge on any atom is -0.461 e. The van der Waals surface area contributed by atoms with Gasteiger partial charge in [-0.05, 0) is 13.8 Å². The normalized spacial score (nSPS) is 10.6. The lowest BCUT2D eigenvalue weighted by Crippen LogP contribution is -2.17. The smallest absolute Gasteiger partial charge is 0.323 e. The summed E-state index contributed by atoms with van der Waals surface area (Å²) in [6.45, 7) is 4.46. The van der Waals surface area contributed by atoms with E-state index < -0.39 is 0 Å². The number of nitrogens with two attached hydrogens (primary N) is 1. The molecule has 0 aliphatic heterocycles. The van der Waals surface area contributed by atoms with Gasteiger partial charge in [-0.25, -0.2) is 10.8 Å². The zero-order chi connectivity index (χ0) is 14.4. The van der Waals surface area contributed by atoms with Crippen molar-refractivity contribution in [2.75, 3.05) is 17.3 Å². The predicted octanol–water partition coefficient (Wildman–Crippen LogP) is 1.06. The van der Waals surface area contributed by atoms with Gasteiger partial charge in [0, 0.05) is 18.3 Å². The Morgan fingerprint density at radius 2 is 2.10 bits per heavy atom. The van der Waals surface area contributed by atoms with Crippen molar-refractivity contribution in [2.45, 2.75) is 26.4 Å². The number of nitrogen functional groups attached to an aromatic ring is 1. The Balaban J connectivity index is 1.98. The van der Waals surface area contributed by atoms with Crippen molar-refractivity contribution >= 4 is 23.2 Å². The molecule has 0 bridgehead atoms. The third-order valence-corrected chi connectivity index (χ3v) is 2.87. The van der Waals surface area contributed by atoms with Crippen molar-refractivity contribution in [1.29, 1.82) is 0 Å². The second-order valence-corrected chi connectivity index (χ2v) is 4.95. The van der Waals surface area contributed by atoms with Crippen LogP contribution in [0.3, 0.4) is 0 Å². The van der Waals surface area contributed by atoms with Crippen LogP contribution in [0.4, 0.5) is 11.9 Å². The van der Waals surface area contributed by atoms with Crippen LogP contribution in [-0.2, 0) is 6.42 Å². The lowest BCUT2D eigenvalue weighted by Gasteiger charge is -2.10. The highest BCUT2D eigenvalue weighted by Gasteiger charge is 2.08. The highest BCUT2D eigenvalue weighted by atomic mass is 32.1. The number of thiazole rings is 1. The fourth-order valence-electron chi connectivity index (χ4n) is 1.43. The quantitative estimate of drug-likeness (QED) is 0.513. The molecule has 0 radical (unpaired) electrons. The van der Waals surface area contributed by atoms with Gasteiger partial charge in [0.2, 0.25) is 11.9 Å². The van der Waals surface area contributed by atoms with Gasteiger partial charge in [0.1, 0.15) is 0 Å². The number of aromatic nitrogens is 4. The maximum Gasteiger partial charge on any atom is 0.323 e. The van der Waals surface area contributed by atoms with Crippen LogP contribution in [0.2, 0.25) is 0 Å². The molecule has 0 amide bonds.